The average Bonchev–Trinajstić information content (AvgIpc) is 3.34. The molecular formula is C24H28N6O3. The zero-order valence-corrected chi connectivity index (χ0v) is 18.6. The van der Waals surface area contributed by atoms with E-state index in [0.29, 0.717) is 18.6 Å². The van der Waals surface area contributed by atoms with E-state index < -0.39 is 0 Å². The standard InChI is InChI=1S/C24H28N6O3/c1-3-19(4-2-17(1)28-24-27-15-16-5-10-32-23(16)29-24)33-21-14-18(30-8-11-31-12-9-30)13-20-22(21)26-7-6-25-20/h6-7,13-15,17,19H,1-5,8-12H2,(H,27,28,29)/t17-,19+. The largest absolute Gasteiger partial charge is 0.488 e. The summed E-state index contributed by atoms with van der Waals surface area (Å²) >= 11 is 0. The number of anilines is 2. The topological polar surface area (TPSA) is 94.5 Å². The van der Waals surface area contributed by atoms with Gasteiger partial charge in [0.15, 0.2) is 0 Å². The SMILES string of the molecule is c1cnc2c(O[C@H]3CC[C@@H](Nc4ncc5c(n4)OCC5)CC3)cc(N3CCOCC3)cc2n1. The molecule has 3 aliphatic rings. The molecule has 9 heteroatoms. The summed E-state index contributed by atoms with van der Waals surface area (Å²) in [6, 6.07) is 4.55. The lowest BCUT2D eigenvalue weighted by molar-refractivity contribution is 0.122. The van der Waals surface area contributed by atoms with Crippen molar-refractivity contribution in [3.05, 3.63) is 36.3 Å². The Bertz CT molecular complexity index is 1130. The molecule has 1 aromatic carbocycles. The molecular weight excluding hydrogens is 420 g/mol. The second-order valence-electron chi connectivity index (χ2n) is 8.83. The van der Waals surface area contributed by atoms with Gasteiger partial charge in [0.25, 0.3) is 0 Å². The van der Waals surface area contributed by atoms with E-state index in [1.807, 2.05) is 6.20 Å². The Hall–Kier alpha value is -3.20. The number of morpholine rings is 1. The number of hydrogen-bond donors (Lipinski definition) is 1. The molecule has 1 saturated heterocycles. The van der Waals surface area contributed by atoms with E-state index in [-0.39, 0.29) is 6.10 Å². The van der Waals surface area contributed by atoms with Crippen molar-refractivity contribution in [2.45, 2.75) is 44.2 Å². The highest BCUT2D eigenvalue weighted by atomic mass is 16.5. The van der Waals surface area contributed by atoms with Crippen LogP contribution in [-0.4, -0.2) is 65.0 Å². The van der Waals surface area contributed by atoms with Crippen LogP contribution in [-0.2, 0) is 11.2 Å². The van der Waals surface area contributed by atoms with E-state index in [9.17, 15) is 0 Å². The highest BCUT2D eigenvalue weighted by Gasteiger charge is 2.25. The van der Waals surface area contributed by atoms with Gasteiger partial charge in [0.1, 0.15) is 11.3 Å². The van der Waals surface area contributed by atoms with Crippen LogP contribution in [0, 0.1) is 0 Å². The fraction of sp³-hybridized carbons (Fsp3) is 0.500. The maximum Gasteiger partial charge on any atom is 0.226 e. The summed E-state index contributed by atoms with van der Waals surface area (Å²) in [4.78, 5) is 20.4. The van der Waals surface area contributed by atoms with Crippen LogP contribution in [0.25, 0.3) is 11.0 Å². The van der Waals surface area contributed by atoms with Crippen molar-refractivity contribution in [2.75, 3.05) is 43.1 Å². The summed E-state index contributed by atoms with van der Waals surface area (Å²) in [5.74, 6) is 2.19. The molecule has 0 atom stereocenters. The lowest BCUT2D eigenvalue weighted by atomic mass is 9.93. The fourth-order valence-corrected chi connectivity index (χ4v) is 4.82. The zero-order valence-electron chi connectivity index (χ0n) is 18.6. The number of nitrogens with zero attached hydrogens (tertiary/aromatic N) is 5. The van der Waals surface area contributed by atoms with Crippen LogP contribution in [0.5, 0.6) is 11.6 Å². The maximum atomic E-state index is 6.52. The molecule has 1 aliphatic carbocycles. The van der Waals surface area contributed by atoms with Gasteiger partial charge < -0.3 is 24.4 Å². The van der Waals surface area contributed by atoms with Gasteiger partial charge in [0.2, 0.25) is 11.8 Å². The van der Waals surface area contributed by atoms with E-state index in [1.54, 1.807) is 12.4 Å². The molecule has 9 nitrogen and oxygen atoms in total. The number of benzene rings is 1. The minimum absolute atomic E-state index is 0.150. The van der Waals surface area contributed by atoms with Crippen LogP contribution >= 0.6 is 0 Å². The molecule has 4 heterocycles. The number of aromatic nitrogens is 4. The van der Waals surface area contributed by atoms with Crippen LogP contribution in [0.4, 0.5) is 11.6 Å². The third-order valence-corrected chi connectivity index (χ3v) is 6.64. The summed E-state index contributed by atoms with van der Waals surface area (Å²) in [5, 5.41) is 3.48. The monoisotopic (exact) mass is 448 g/mol. The Labute approximate surface area is 192 Å². The Kier molecular flexibility index (Phi) is 5.55. The average molecular weight is 449 g/mol. The molecule has 0 unspecified atom stereocenters. The van der Waals surface area contributed by atoms with E-state index in [4.69, 9.17) is 14.2 Å². The van der Waals surface area contributed by atoms with Crippen molar-refractivity contribution in [1.29, 1.82) is 0 Å². The molecule has 2 aromatic heterocycles. The molecule has 172 valence electrons. The van der Waals surface area contributed by atoms with E-state index in [1.165, 1.54) is 0 Å². The Morgan fingerprint density at radius 2 is 1.82 bits per heavy atom. The molecule has 2 fully saturated rings. The number of hydrogen-bond acceptors (Lipinski definition) is 9. The van der Waals surface area contributed by atoms with Crippen LogP contribution in [0.1, 0.15) is 31.2 Å². The van der Waals surface area contributed by atoms with Crippen molar-refractivity contribution < 1.29 is 14.2 Å². The Balaban J connectivity index is 1.13. The summed E-state index contributed by atoms with van der Waals surface area (Å²) < 4.78 is 17.6. The van der Waals surface area contributed by atoms with Crippen molar-refractivity contribution >= 4 is 22.7 Å². The van der Waals surface area contributed by atoms with Crippen LogP contribution < -0.4 is 19.7 Å². The molecule has 0 radical (unpaired) electrons. The third-order valence-electron chi connectivity index (χ3n) is 6.64. The smallest absolute Gasteiger partial charge is 0.226 e. The maximum absolute atomic E-state index is 6.52. The molecule has 1 saturated carbocycles. The van der Waals surface area contributed by atoms with Gasteiger partial charge in [-0.3, -0.25) is 4.98 Å². The van der Waals surface area contributed by atoms with E-state index in [0.717, 1.165) is 92.3 Å². The van der Waals surface area contributed by atoms with Gasteiger partial charge >= 0.3 is 0 Å². The molecule has 1 N–H and O–H groups in total. The molecule has 6 rings (SSSR count). The first-order chi connectivity index (χ1) is 16.3. The molecule has 33 heavy (non-hydrogen) atoms. The molecule has 0 bridgehead atoms. The van der Waals surface area contributed by atoms with Gasteiger partial charge in [-0.1, -0.05) is 0 Å². The van der Waals surface area contributed by atoms with Crippen molar-refractivity contribution in [3.8, 4) is 11.6 Å². The second-order valence-corrected chi connectivity index (χ2v) is 8.83. The normalized spacial score (nSPS) is 22.6. The highest BCUT2D eigenvalue weighted by Crippen LogP contribution is 2.33. The summed E-state index contributed by atoms with van der Waals surface area (Å²) in [6.45, 7) is 3.93. The molecule has 3 aromatic rings. The zero-order chi connectivity index (χ0) is 22.0. The predicted octanol–water partition coefficient (Wildman–Crippen LogP) is 2.99. The van der Waals surface area contributed by atoms with E-state index >= 15 is 0 Å². The number of ether oxygens (including phenoxy) is 3. The number of fused-ring (bicyclic) bond motifs is 2. The first kappa shape index (κ1) is 20.4. The van der Waals surface area contributed by atoms with Crippen LogP contribution in [0.3, 0.4) is 0 Å². The first-order valence-electron chi connectivity index (χ1n) is 11.8. The van der Waals surface area contributed by atoms with Crippen molar-refractivity contribution in [3.63, 3.8) is 0 Å². The lowest BCUT2D eigenvalue weighted by Gasteiger charge is -2.31. The van der Waals surface area contributed by atoms with Gasteiger partial charge in [-0.25, -0.2) is 9.97 Å². The minimum Gasteiger partial charge on any atom is -0.488 e. The summed E-state index contributed by atoms with van der Waals surface area (Å²) in [6.07, 6.45) is 10.3. The first-order valence-corrected chi connectivity index (χ1v) is 11.8. The van der Waals surface area contributed by atoms with Gasteiger partial charge in [-0.15, -0.1) is 0 Å². The van der Waals surface area contributed by atoms with Gasteiger partial charge in [0.05, 0.1) is 31.4 Å². The van der Waals surface area contributed by atoms with Crippen molar-refractivity contribution in [1.82, 2.24) is 19.9 Å². The highest BCUT2D eigenvalue weighted by molar-refractivity contribution is 5.85. The predicted molar refractivity (Wildman–Crippen MR) is 124 cm³/mol. The Morgan fingerprint density at radius 1 is 0.970 bits per heavy atom. The van der Waals surface area contributed by atoms with Gasteiger partial charge in [0, 0.05) is 61.5 Å². The minimum atomic E-state index is 0.150. The van der Waals surface area contributed by atoms with Gasteiger partial charge in [-0.05, 0) is 31.7 Å². The van der Waals surface area contributed by atoms with Gasteiger partial charge in [-0.2, -0.15) is 4.98 Å². The number of rotatable bonds is 5. The second kappa shape index (κ2) is 8.97. The van der Waals surface area contributed by atoms with Crippen LogP contribution in [0.15, 0.2) is 30.7 Å². The van der Waals surface area contributed by atoms with Crippen molar-refractivity contribution in [2.24, 2.45) is 0 Å². The third kappa shape index (κ3) is 4.37. The molecule has 0 amide bonds. The summed E-state index contributed by atoms with van der Waals surface area (Å²) in [5.41, 5.74) is 3.89. The Morgan fingerprint density at radius 3 is 2.70 bits per heavy atom. The quantitative estimate of drug-likeness (QED) is 0.632. The number of nitrogens with one attached hydrogen (secondary N) is 1. The fourth-order valence-electron chi connectivity index (χ4n) is 4.82. The lowest BCUT2D eigenvalue weighted by Crippen LogP contribution is -2.36. The molecule has 2 aliphatic heterocycles. The van der Waals surface area contributed by atoms with E-state index in [2.05, 4.69) is 42.3 Å². The summed E-state index contributed by atoms with van der Waals surface area (Å²) in [7, 11) is 0. The van der Waals surface area contributed by atoms with Crippen LogP contribution in [0.2, 0.25) is 0 Å². The molecule has 0 spiro atoms.